The number of thiophene rings is 1. The molecule has 0 saturated carbocycles. The van der Waals surface area contributed by atoms with Crippen molar-refractivity contribution in [3.8, 4) is 21.6 Å². The minimum atomic E-state index is -0.762. The van der Waals surface area contributed by atoms with Gasteiger partial charge in [-0.2, -0.15) is 0 Å². The standard InChI is InChI=1S/C26H30F2S/c1-3-5-7-9-19-11-13-20(14-12-19)22-16-17-23(26(28)25(22)27)24-18-15-21(29-24)10-8-6-4-2/h11-18H,3-10H2,1-2H3. The molecular weight excluding hydrogens is 382 g/mol. The van der Waals surface area contributed by atoms with Gasteiger partial charge in [0.05, 0.1) is 0 Å². The lowest BCUT2D eigenvalue weighted by molar-refractivity contribution is 0.514. The Morgan fingerprint density at radius 2 is 1.28 bits per heavy atom. The van der Waals surface area contributed by atoms with Crippen molar-refractivity contribution in [2.75, 3.05) is 0 Å². The molecule has 0 amide bonds. The van der Waals surface area contributed by atoms with E-state index in [1.807, 2.05) is 36.4 Å². The Morgan fingerprint density at radius 3 is 1.97 bits per heavy atom. The number of rotatable bonds is 10. The predicted octanol–water partition coefficient (Wildman–Crippen LogP) is 8.83. The normalized spacial score (nSPS) is 11.2. The van der Waals surface area contributed by atoms with Gasteiger partial charge >= 0.3 is 0 Å². The van der Waals surface area contributed by atoms with Crippen molar-refractivity contribution in [3.05, 3.63) is 70.6 Å². The molecular formula is C26H30F2S. The van der Waals surface area contributed by atoms with Crippen LogP contribution in [0.2, 0.25) is 0 Å². The minimum Gasteiger partial charge on any atom is -0.203 e. The molecule has 0 nitrogen and oxygen atoms in total. The van der Waals surface area contributed by atoms with E-state index in [0.717, 1.165) is 36.1 Å². The van der Waals surface area contributed by atoms with Gasteiger partial charge in [-0.1, -0.05) is 69.9 Å². The quantitative estimate of drug-likeness (QED) is 0.292. The number of hydrogen-bond acceptors (Lipinski definition) is 1. The van der Waals surface area contributed by atoms with Crippen molar-refractivity contribution in [2.24, 2.45) is 0 Å². The zero-order valence-electron chi connectivity index (χ0n) is 17.4. The maximum Gasteiger partial charge on any atom is 0.168 e. The largest absolute Gasteiger partial charge is 0.203 e. The van der Waals surface area contributed by atoms with E-state index in [4.69, 9.17) is 0 Å². The number of aryl methyl sites for hydroxylation is 2. The molecule has 1 aromatic heterocycles. The van der Waals surface area contributed by atoms with Crippen molar-refractivity contribution >= 4 is 11.3 Å². The number of hydrogen-bond donors (Lipinski definition) is 0. The van der Waals surface area contributed by atoms with Crippen LogP contribution in [0.15, 0.2) is 48.5 Å². The average molecular weight is 413 g/mol. The van der Waals surface area contributed by atoms with Crippen molar-refractivity contribution < 1.29 is 8.78 Å². The summed E-state index contributed by atoms with van der Waals surface area (Å²) in [6.07, 6.45) is 9.12. The molecule has 154 valence electrons. The zero-order valence-corrected chi connectivity index (χ0v) is 18.3. The third-order valence-corrected chi connectivity index (χ3v) is 6.55. The second-order valence-corrected chi connectivity index (χ2v) is 8.83. The lowest BCUT2D eigenvalue weighted by Crippen LogP contribution is -1.93. The summed E-state index contributed by atoms with van der Waals surface area (Å²) in [6, 6.07) is 15.2. The molecule has 3 aromatic rings. The fourth-order valence-corrected chi connectivity index (χ4v) is 4.67. The molecule has 29 heavy (non-hydrogen) atoms. The Kier molecular flexibility index (Phi) is 8.00. The maximum atomic E-state index is 14.9. The van der Waals surface area contributed by atoms with Gasteiger partial charge in [0.1, 0.15) is 0 Å². The zero-order chi connectivity index (χ0) is 20.6. The van der Waals surface area contributed by atoms with Gasteiger partial charge in [-0.05, 0) is 55.0 Å². The molecule has 0 atom stereocenters. The molecule has 0 aliphatic rings. The molecule has 0 spiro atoms. The predicted molar refractivity (Wildman–Crippen MR) is 122 cm³/mol. The summed E-state index contributed by atoms with van der Waals surface area (Å²) < 4.78 is 29.7. The molecule has 0 fully saturated rings. The first-order chi connectivity index (χ1) is 14.1. The summed E-state index contributed by atoms with van der Waals surface area (Å²) in [4.78, 5) is 2.03. The highest BCUT2D eigenvalue weighted by Crippen LogP contribution is 2.35. The monoisotopic (exact) mass is 412 g/mol. The van der Waals surface area contributed by atoms with Gasteiger partial charge in [-0.15, -0.1) is 11.3 Å². The summed E-state index contributed by atoms with van der Waals surface area (Å²) in [5.74, 6) is -1.52. The maximum absolute atomic E-state index is 14.9. The molecule has 0 N–H and O–H groups in total. The highest BCUT2D eigenvalue weighted by molar-refractivity contribution is 7.15. The molecule has 0 radical (unpaired) electrons. The molecule has 2 aromatic carbocycles. The van der Waals surface area contributed by atoms with Crippen LogP contribution in [-0.2, 0) is 12.8 Å². The van der Waals surface area contributed by atoms with Crippen LogP contribution in [0.5, 0.6) is 0 Å². The summed E-state index contributed by atoms with van der Waals surface area (Å²) in [5, 5.41) is 0. The molecule has 0 aliphatic carbocycles. The van der Waals surface area contributed by atoms with Crippen LogP contribution in [0.1, 0.15) is 62.8 Å². The van der Waals surface area contributed by atoms with Crippen molar-refractivity contribution in [3.63, 3.8) is 0 Å². The van der Waals surface area contributed by atoms with E-state index in [0.29, 0.717) is 11.1 Å². The van der Waals surface area contributed by atoms with Gasteiger partial charge in [-0.3, -0.25) is 0 Å². The smallest absolute Gasteiger partial charge is 0.168 e. The summed E-state index contributed by atoms with van der Waals surface area (Å²) in [7, 11) is 0. The molecule has 1 heterocycles. The van der Waals surface area contributed by atoms with Crippen LogP contribution in [0.25, 0.3) is 21.6 Å². The van der Waals surface area contributed by atoms with Gasteiger partial charge in [0.15, 0.2) is 11.6 Å². The first-order valence-electron chi connectivity index (χ1n) is 10.8. The van der Waals surface area contributed by atoms with Crippen molar-refractivity contribution in [1.29, 1.82) is 0 Å². The third-order valence-electron chi connectivity index (χ3n) is 5.37. The molecule has 0 saturated heterocycles. The van der Waals surface area contributed by atoms with Crippen molar-refractivity contribution in [1.82, 2.24) is 0 Å². The fraction of sp³-hybridized carbons (Fsp3) is 0.385. The Balaban J connectivity index is 1.77. The van der Waals surface area contributed by atoms with Crippen LogP contribution < -0.4 is 0 Å². The Bertz CT molecular complexity index is 909. The Morgan fingerprint density at radius 1 is 0.655 bits per heavy atom. The fourth-order valence-electron chi connectivity index (χ4n) is 3.60. The third kappa shape index (κ3) is 5.54. The van der Waals surface area contributed by atoms with Crippen LogP contribution in [0.3, 0.4) is 0 Å². The van der Waals surface area contributed by atoms with Crippen LogP contribution in [0, 0.1) is 11.6 Å². The van der Waals surface area contributed by atoms with E-state index in [2.05, 4.69) is 13.8 Å². The number of halogens is 2. The highest BCUT2D eigenvalue weighted by Gasteiger charge is 2.17. The van der Waals surface area contributed by atoms with Gasteiger partial charge < -0.3 is 0 Å². The molecule has 0 aliphatic heterocycles. The molecule has 0 bridgehead atoms. The van der Waals surface area contributed by atoms with E-state index >= 15 is 0 Å². The van der Waals surface area contributed by atoms with E-state index in [-0.39, 0.29) is 0 Å². The van der Waals surface area contributed by atoms with E-state index < -0.39 is 11.6 Å². The number of benzene rings is 2. The lowest BCUT2D eigenvalue weighted by Gasteiger charge is -2.09. The van der Waals surface area contributed by atoms with Crippen molar-refractivity contribution in [2.45, 2.75) is 65.2 Å². The Labute approximate surface area is 177 Å². The molecule has 0 unspecified atom stereocenters. The summed E-state index contributed by atoms with van der Waals surface area (Å²) in [6.45, 7) is 4.37. The molecule has 3 heteroatoms. The van der Waals surface area contributed by atoms with E-state index in [1.54, 1.807) is 23.5 Å². The van der Waals surface area contributed by atoms with Gasteiger partial charge in [0.2, 0.25) is 0 Å². The van der Waals surface area contributed by atoms with E-state index in [1.165, 1.54) is 36.1 Å². The van der Waals surface area contributed by atoms with Crippen LogP contribution >= 0.6 is 11.3 Å². The Hall–Kier alpha value is -2.00. The summed E-state index contributed by atoms with van der Waals surface area (Å²) in [5.41, 5.74) is 2.65. The first-order valence-corrected chi connectivity index (χ1v) is 11.6. The average Bonchev–Trinajstić information content (AvgIpc) is 3.20. The van der Waals surface area contributed by atoms with Gasteiger partial charge in [0.25, 0.3) is 0 Å². The van der Waals surface area contributed by atoms with Gasteiger partial charge in [0, 0.05) is 20.9 Å². The van der Waals surface area contributed by atoms with Crippen LogP contribution in [-0.4, -0.2) is 0 Å². The van der Waals surface area contributed by atoms with Gasteiger partial charge in [-0.25, -0.2) is 8.78 Å². The SMILES string of the molecule is CCCCCc1ccc(-c2ccc(-c3ccc(CCCCC)s3)c(F)c2F)cc1. The highest BCUT2D eigenvalue weighted by atomic mass is 32.1. The first kappa shape index (κ1) is 21.7. The lowest BCUT2D eigenvalue weighted by atomic mass is 9.99. The minimum absolute atomic E-state index is 0.325. The summed E-state index contributed by atoms with van der Waals surface area (Å²) >= 11 is 1.57. The number of unbranched alkanes of at least 4 members (excludes halogenated alkanes) is 4. The second kappa shape index (κ2) is 10.7. The molecule has 3 rings (SSSR count). The topological polar surface area (TPSA) is 0 Å². The second-order valence-electron chi connectivity index (χ2n) is 7.67. The van der Waals surface area contributed by atoms with Crippen LogP contribution in [0.4, 0.5) is 8.78 Å². The van der Waals surface area contributed by atoms with E-state index in [9.17, 15) is 8.78 Å².